The maximum atomic E-state index is 13.3. The molecule has 3 heterocycles. The van der Waals surface area contributed by atoms with Crippen molar-refractivity contribution in [2.75, 3.05) is 39.3 Å². The summed E-state index contributed by atoms with van der Waals surface area (Å²) in [5, 5.41) is 0. The molecule has 3 aliphatic rings. The van der Waals surface area contributed by atoms with Crippen LogP contribution >= 0.6 is 0 Å². The van der Waals surface area contributed by atoms with Crippen molar-refractivity contribution in [3.8, 4) is 0 Å². The van der Waals surface area contributed by atoms with E-state index < -0.39 is 14.5 Å². The molecule has 0 aromatic carbocycles. The molecule has 124 valence electrons. The second kappa shape index (κ2) is 8.23. The van der Waals surface area contributed by atoms with E-state index in [4.69, 9.17) is 0 Å². The lowest BCUT2D eigenvalue weighted by Crippen LogP contribution is -3.18. The van der Waals surface area contributed by atoms with E-state index in [1.807, 2.05) is 0 Å². The summed E-state index contributed by atoms with van der Waals surface area (Å²) in [7, 11) is -12.0. The smallest absolute Gasteiger partial charge is 0.673 e. The van der Waals surface area contributed by atoms with Crippen LogP contribution in [0.3, 0.4) is 0 Å². The number of hydrogen-bond donors (Lipinski definition) is 1. The van der Waals surface area contributed by atoms with Crippen molar-refractivity contribution in [2.45, 2.75) is 0 Å². The molecule has 3 fully saturated rings. The van der Waals surface area contributed by atoms with Crippen LogP contribution in [0.2, 0.25) is 0 Å². The topological polar surface area (TPSA) is 4.44 Å². The molecule has 3 rings (SSSR count). The first-order valence-electron chi connectivity index (χ1n) is 5.42. The highest BCUT2D eigenvalue weighted by molar-refractivity contribution is 6.50. The average Bonchev–Trinajstić information content (AvgIpc) is 2.13. The van der Waals surface area contributed by atoms with E-state index in [1.54, 1.807) is 4.90 Å². The Morgan fingerprint density at radius 3 is 0.950 bits per heavy atom. The van der Waals surface area contributed by atoms with Crippen LogP contribution < -0.4 is 17.3 Å². The SMILES string of the molecule is F[B-](F)(F)F.F[B-](F)(F)F.F[N+]12CC[NH+](CC1)CC2.[Cl-]. The molecule has 20 heavy (non-hydrogen) atoms. The highest BCUT2D eigenvalue weighted by Gasteiger charge is 2.42. The first-order valence-corrected chi connectivity index (χ1v) is 5.42. The minimum absolute atomic E-state index is 0. The fourth-order valence-electron chi connectivity index (χ4n) is 1.79. The van der Waals surface area contributed by atoms with Gasteiger partial charge in [-0.1, -0.05) is 0 Å². The molecule has 2 bridgehead atoms. The second-order valence-electron chi connectivity index (χ2n) is 4.19. The Kier molecular flexibility index (Phi) is 9.05. The Bertz CT molecular complexity index is 228. The highest BCUT2D eigenvalue weighted by atomic mass is 35.5. The van der Waals surface area contributed by atoms with Crippen LogP contribution in [0.1, 0.15) is 0 Å². The van der Waals surface area contributed by atoms with E-state index in [-0.39, 0.29) is 17.1 Å². The van der Waals surface area contributed by atoms with Gasteiger partial charge in [0.25, 0.3) is 0 Å². The van der Waals surface area contributed by atoms with Crippen molar-refractivity contribution in [1.29, 1.82) is 0 Å². The largest absolute Gasteiger partial charge is 1.00 e. The summed E-state index contributed by atoms with van der Waals surface area (Å²) >= 11 is 0. The molecule has 3 saturated heterocycles. The third-order valence-electron chi connectivity index (χ3n) is 2.60. The normalized spacial score (nSPS) is 28.4. The summed E-state index contributed by atoms with van der Waals surface area (Å²) in [6.07, 6.45) is 0. The van der Waals surface area contributed by atoms with E-state index in [2.05, 4.69) is 0 Å². The van der Waals surface area contributed by atoms with E-state index in [0.717, 1.165) is 39.3 Å². The lowest BCUT2D eigenvalue weighted by molar-refractivity contribution is -1.14. The van der Waals surface area contributed by atoms with Gasteiger partial charge in [-0.3, -0.25) is 0 Å². The monoisotopic (exact) mass is 341 g/mol. The maximum Gasteiger partial charge on any atom is 0.673 e. The van der Waals surface area contributed by atoms with E-state index in [1.165, 1.54) is 0 Å². The van der Waals surface area contributed by atoms with Gasteiger partial charge in [0.1, 0.15) is 19.6 Å². The van der Waals surface area contributed by atoms with Gasteiger partial charge in [0.2, 0.25) is 0 Å². The zero-order valence-electron chi connectivity index (χ0n) is 10.1. The lowest BCUT2D eigenvalue weighted by atomic mass is 10.2. The molecule has 0 aliphatic carbocycles. The molecule has 0 aromatic heterocycles. The molecule has 0 aromatic rings. The second-order valence-corrected chi connectivity index (χ2v) is 4.19. The van der Waals surface area contributed by atoms with Gasteiger partial charge in [0, 0.05) is 0 Å². The number of nitrogens with one attached hydrogen (secondary N) is 1. The summed E-state index contributed by atoms with van der Waals surface area (Å²) < 4.78 is 91.1. The molecule has 0 spiro atoms. The Labute approximate surface area is 116 Å². The van der Waals surface area contributed by atoms with Gasteiger partial charge < -0.3 is 51.8 Å². The summed E-state index contributed by atoms with van der Waals surface area (Å²) in [5.41, 5.74) is 0. The minimum Gasteiger partial charge on any atom is -1.00 e. The predicted octanol–water partition coefficient (Wildman–Crippen LogP) is -1.80. The molecule has 3 aliphatic heterocycles. The fraction of sp³-hybridized carbons (Fsp3) is 1.00. The first-order chi connectivity index (χ1) is 8.29. The molecule has 0 unspecified atom stereocenters. The van der Waals surface area contributed by atoms with Gasteiger partial charge in [-0.2, -0.15) is 0 Å². The van der Waals surface area contributed by atoms with Gasteiger partial charge in [0.15, 0.2) is 19.6 Å². The molecule has 0 amide bonds. The number of rotatable bonds is 0. The van der Waals surface area contributed by atoms with Crippen LogP contribution in [0.4, 0.5) is 39.0 Å². The van der Waals surface area contributed by atoms with Gasteiger partial charge >= 0.3 is 14.5 Å². The highest BCUT2D eigenvalue weighted by Crippen LogP contribution is 2.09. The van der Waals surface area contributed by atoms with Gasteiger partial charge in [0.05, 0.1) is 0 Å². The van der Waals surface area contributed by atoms with E-state index >= 15 is 0 Å². The molecule has 2 nitrogen and oxygen atoms in total. The molecule has 0 radical (unpaired) electrons. The maximum absolute atomic E-state index is 13.3. The van der Waals surface area contributed by atoms with Crippen molar-refractivity contribution in [3.63, 3.8) is 0 Å². The zero-order chi connectivity index (χ0) is 15.3. The minimum atomic E-state index is -6.00. The number of nitrogens with zero attached hydrogens (tertiary/aromatic N) is 1. The molecule has 14 heteroatoms. The number of piperazine rings is 3. The van der Waals surface area contributed by atoms with Crippen molar-refractivity contribution in [1.82, 2.24) is 0 Å². The molecule has 0 saturated carbocycles. The van der Waals surface area contributed by atoms with Crippen molar-refractivity contribution in [3.05, 3.63) is 0 Å². The van der Waals surface area contributed by atoms with Crippen LogP contribution in [0.5, 0.6) is 0 Å². The van der Waals surface area contributed by atoms with Gasteiger partial charge in [-0.25, -0.2) is 0 Å². The Morgan fingerprint density at radius 2 is 0.850 bits per heavy atom. The van der Waals surface area contributed by atoms with E-state index in [0.29, 0.717) is 0 Å². The van der Waals surface area contributed by atoms with Gasteiger partial charge in [-0.15, -0.1) is 4.71 Å². The van der Waals surface area contributed by atoms with Crippen molar-refractivity contribution < 1.29 is 61.0 Å². The Morgan fingerprint density at radius 1 is 0.650 bits per heavy atom. The fourth-order valence-corrected chi connectivity index (χ4v) is 1.79. The molecular weight excluding hydrogens is 328 g/mol. The number of fused-ring (bicyclic) bond motifs is 3. The zero-order valence-corrected chi connectivity index (χ0v) is 10.9. The first kappa shape index (κ1) is 22.0. The summed E-state index contributed by atoms with van der Waals surface area (Å²) in [5.74, 6) is 0. The average molecular weight is 341 g/mol. The van der Waals surface area contributed by atoms with Crippen LogP contribution in [0, 0.1) is 0 Å². The van der Waals surface area contributed by atoms with Crippen molar-refractivity contribution >= 4 is 14.5 Å². The van der Waals surface area contributed by atoms with Crippen LogP contribution in [-0.2, 0) is 0 Å². The quantitative estimate of drug-likeness (QED) is 0.301. The summed E-state index contributed by atoms with van der Waals surface area (Å²) in [4.78, 5) is 1.60. The third kappa shape index (κ3) is 15.8. The van der Waals surface area contributed by atoms with Crippen LogP contribution in [0.25, 0.3) is 0 Å². The number of quaternary nitrogens is 2. The van der Waals surface area contributed by atoms with Crippen LogP contribution in [0.15, 0.2) is 0 Å². The third-order valence-corrected chi connectivity index (χ3v) is 2.60. The number of halogens is 10. The molecule has 0 atom stereocenters. The summed E-state index contributed by atoms with van der Waals surface area (Å²) in [6, 6.07) is 0. The van der Waals surface area contributed by atoms with Gasteiger partial charge in [-0.05, 0) is 4.48 Å². The lowest BCUT2D eigenvalue weighted by Gasteiger charge is -2.39. The molecular formula is C6H13B2ClF9N2-. The standard InChI is InChI=1S/C6H12FN2.2BF4.ClH/c7-9-4-1-8(2-5-9)3-6-9;2*2-1(3,4)5;/h1-6H2;;;1H/q+1;2*-1;. The summed E-state index contributed by atoms with van der Waals surface area (Å²) in [6.45, 7) is 5.43. The van der Waals surface area contributed by atoms with Crippen LogP contribution in [-0.4, -0.2) is 58.5 Å². The molecule has 1 N–H and O–H groups in total. The van der Waals surface area contributed by atoms with Crippen molar-refractivity contribution in [2.24, 2.45) is 0 Å². The Balaban J connectivity index is 0. The Hall–Kier alpha value is -0.290. The predicted molar refractivity (Wildman–Crippen MR) is 51.9 cm³/mol. The van der Waals surface area contributed by atoms with E-state index in [9.17, 15) is 39.0 Å². The number of hydrogen-bond acceptors (Lipinski definition) is 0.